The molecule has 0 amide bonds. The number of hydrogen-bond donors (Lipinski definition) is 8. The van der Waals surface area contributed by atoms with E-state index >= 15 is 0 Å². The van der Waals surface area contributed by atoms with Gasteiger partial charge in [-0.15, -0.1) is 0 Å². The second kappa shape index (κ2) is 14.3. The Morgan fingerprint density at radius 2 is 1.05 bits per heavy atom. The molecule has 19 heavy (non-hydrogen) atoms. The molecule has 0 fully saturated rings. The number of carbonyl (C=O) groups is 3. The van der Waals surface area contributed by atoms with Gasteiger partial charge in [0.2, 0.25) is 0 Å². The van der Waals surface area contributed by atoms with Gasteiger partial charge in [-0.1, -0.05) is 0 Å². The van der Waals surface area contributed by atoms with Crippen LogP contribution in [0.4, 0.5) is 0 Å². The lowest BCUT2D eigenvalue weighted by atomic mass is 10.3. The molecule has 2 atom stereocenters. The van der Waals surface area contributed by atoms with Crippen molar-refractivity contribution in [3.05, 3.63) is 0 Å². The summed E-state index contributed by atoms with van der Waals surface area (Å²) in [5, 5.41) is 39.4. The van der Waals surface area contributed by atoms with E-state index in [-0.39, 0.29) is 6.54 Å². The van der Waals surface area contributed by atoms with Gasteiger partial charge in [0.25, 0.3) is 0 Å². The maximum Gasteiger partial charge on any atom is 0.322 e. The van der Waals surface area contributed by atoms with Gasteiger partial charge in [-0.25, -0.2) is 0 Å². The molecule has 0 unspecified atom stereocenters. The smallest absolute Gasteiger partial charge is 0.322 e. The number of rotatable bonds is 5. The molecule has 0 radical (unpaired) electrons. The van der Waals surface area contributed by atoms with Crippen LogP contribution in [0.25, 0.3) is 0 Å². The van der Waals surface area contributed by atoms with E-state index in [1.165, 1.54) is 0 Å². The molecular weight excluding hydrogens is 266 g/mol. The van der Waals surface area contributed by atoms with Gasteiger partial charge in [-0.2, -0.15) is 0 Å². The van der Waals surface area contributed by atoms with E-state index in [1.807, 2.05) is 0 Å². The highest BCUT2D eigenvalue weighted by Gasteiger charge is 2.07. The molecule has 0 aromatic rings. The Morgan fingerprint density at radius 3 is 1.05 bits per heavy atom. The summed E-state index contributed by atoms with van der Waals surface area (Å²) in [7, 11) is 0. The highest BCUT2D eigenvalue weighted by atomic mass is 16.4. The predicted molar refractivity (Wildman–Crippen MR) is 62.1 cm³/mol. The van der Waals surface area contributed by atoms with Gasteiger partial charge in [0.15, 0.2) is 0 Å². The third kappa shape index (κ3) is 22.0. The van der Waals surface area contributed by atoms with Crippen LogP contribution in [0.2, 0.25) is 0 Å². The van der Waals surface area contributed by atoms with Crippen molar-refractivity contribution in [3.8, 4) is 0 Å². The average molecular weight is 285 g/mol. The maximum absolute atomic E-state index is 9.65. The van der Waals surface area contributed by atoms with E-state index in [2.05, 4.69) is 5.73 Å². The molecule has 0 bridgehead atoms. The fraction of sp³-hybridized carbons (Fsp3) is 0.625. The van der Waals surface area contributed by atoms with Crippen molar-refractivity contribution in [2.24, 2.45) is 17.2 Å². The minimum Gasteiger partial charge on any atom is -0.480 e. The predicted octanol–water partition coefficient (Wildman–Crippen LogP) is -4.19. The van der Waals surface area contributed by atoms with Crippen molar-refractivity contribution >= 4 is 17.9 Å². The van der Waals surface area contributed by atoms with Crippen LogP contribution < -0.4 is 17.2 Å². The van der Waals surface area contributed by atoms with Gasteiger partial charge < -0.3 is 42.7 Å². The zero-order chi connectivity index (χ0) is 16.0. The Labute approximate surface area is 108 Å². The number of aliphatic carboxylic acids is 3. The molecule has 11 N–H and O–H groups in total. The van der Waals surface area contributed by atoms with Crippen molar-refractivity contribution in [1.82, 2.24) is 0 Å². The van der Waals surface area contributed by atoms with Gasteiger partial charge in [-0.3, -0.25) is 14.4 Å². The van der Waals surface area contributed by atoms with Crippen LogP contribution in [-0.4, -0.2) is 75.3 Å². The van der Waals surface area contributed by atoms with Crippen molar-refractivity contribution in [2.75, 3.05) is 19.8 Å². The first-order valence-corrected chi connectivity index (χ1v) is 4.74. The van der Waals surface area contributed by atoms with E-state index in [1.54, 1.807) is 0 Å². The molecule has 0 aliphatic carbocycles. The lowest BCUT2D eigenvalue weighted by Gasteiger charge is -1.96. The monoisotopic (exact) mass is 285 g/mol. The van der Waals surface area contributed by atoms with Crippen molar-refractivity contribution in [2.45, 2.75) is 12.1 Å². The van der Waals surface area contributed by atoms with Crippen LogP contribution in [0.5, 0.6) is 0 Å². The molecule has 0 aromatic heterocycles. The lowest BCUT2D eigenvalue weighted by Crippen LogP contribution is -2.33. The standard InChI is InChI=1S/2C3H7NO3.C2H5NO2/c2*4-2(1-5)3(6)7;3-1-2(4)5/h2*2,5H,1,4H2,(H,6,7);1,3H2,(H,4,5)/t2*2-;/m00./s1. The Balaban J connectivity index is -0.000000206. The Hall–Kier alpha value is -1.79. The minimum absolute atomic E-state index is 0.278. The van der Waals surface area contributed by atoms with E-state index in [0.29, 0.717) is 0 Å². The summed E-state index contributed by atoms with van der Waals surface area (Å²) < 4.78 is 0. The summed E-state index contributed by atoms with van der Waals surface area (Å²) in [6.45, 7) is -1.29. The molecule has 0 rings (SSSR count). The van der Waals surface area contributed by atoms with Gasteiger partial charge in [0.1, 0.15) is 12.1 Å². The molecule has 0 aromatic carbocycles. The quantitative estimate of drug-likeness (QED) is 0.241. The summed E-state index contributed by atoms with van der Waals surface area (Å²) in [5.41, 5.74) is 14.1. The van der Waals surface area contributed by atoms with E-state index in [9.17, 15) is 14.4 Å². The molecule has 0 heterocycles. The number of carboxylic acids is 3. The highest BCUT2D eigenvalue weighted by molar-refractivity contribution is 5.73. The molecule has 0 aliphatic rings. The Kier molecular flexibility index (Phi) is 16.8. The lowest BCUT2D eigenvalue weighted by molar-refractivity contribution is -0.140. The van der Waals surface area contributed by atoms with E-state index in [4.69, 9.17) is 37.0 Å². The molecule has 0 saturated heterocycles. The second-order valence-corrected chi connectivity index (χ2v) is 2.85. The number of nitrogens with two attached hydrogens (primary N) is 3. The van der Waals surface area contributed by atoms with Crippen LogP contribution in [0, 0.1) is 0 Å². The summed E-state index contributed by atoms with van der Waals surface area (Å²) in [4.78, 5) is 28.5. The summed E-state index contributed by atoms with van der Waals surface area (Å²) >= 11 is 0. The van der Waals surface area contributed by atoms with Crippen molar-refractivity contribution in [1.29, 1.82) is 0 Å². The fourth-order valence-corrected chi connectivity index (χ4v) is 0.156. The van der Waals surface area contributed by atoms with Crippen LogP contribution in [-0.2, 0) is 14.4 Å². The fourth-order valence-electron chi connectivity index (χ4n) is 0.156. The van der Waals surface area contributed by atoms with Crippen LogP contribution in [0.15, 0.2) is 0 Å². The summed E-state index contributed by atoms with van der Waals surface area (Å²) in [5.74, 6) is -3.32. The topological polar surface area (TPSA) is 230 Å². The molecular formula is C8H19N3O8. The molecule has 0 aliphatic heterocycles. The number of aliphatic hydroxyl groups is 2. The molecule has 0 saturated carbocycles. The first-order chi connectivity index (χ1) is 8.63. The van der Waals surface area contributed by atoms with Crippen LogP contribution in [0.1, 0.15) is 0 Å². The number of aliphatic hydroxyl groups excluding tert-OH is 2. The third-order valence-electron chi connectivity index (χ3n) is 1.20. The molecule has 114 valence electrons. The normalized spacial score (nSPS) is 11.8. The van der Waals surface area contributed by atoms with Crippen LogP contribution >= 0.6 is 0 Å². The summed E-state index contributed by atoms with van der Waals surface area (Å²) in [6, 6.07) is -2.25. The number of carboxylic acid groups (broad SMARTS) is 3. The molecule has 11 heteroatoms. The largest absolute Gasteiger partial charge is 0.480 e. The van der Waals surface area contributed by atoms with Crippen molar-refractivity contribution < 1.29 is 39.9 Å². The van der Waals surface area contributed by atoms with Gasteiger partial charge in [-0.05, 0) is 0 Å². The molecule has 0 spiro atoms. The first-order valence-electron chi connectivity index (χ1n) is 4.74. The van der Waals surface area contributed by atoms with E-state index < -0.39 is 43.2 Å². The first kappa shape index (κ1) is 22.4. The summed E-state index contributed by atoms with van der Waals surface area (Å²) in [6.07, 6.45) is 0. The third-order valence-corrected chi connectivity index (χ3v) is 1.20. The zero-order valence-electron chi connectivity index (χ0n) is 9.97. The van der Waals surface area contributed by atoms with E-state index in [0.717, 1.165) is 0 Å². The number of hydrogen-bond acceptors (Lipinski definition) is 8. The Morgan fingerprint density at radius 1 is 0.842 bits per heavy atom. The zero-order valence-corrected chi connectivity index (χ0v) is 9.97. The minimum atomic E-state index is -1.18. The average Bonchev–Trinajstić information content (AvgIpc) is 2.37. The second-order valence-electron chi connectivity index (χ2n) is 2.85. The van der Waals surface area contributed by atoms with Gasteiger partial charge >= 0.3 is 17.9 Å². The SMILES string of the molecule is NCC(=O)O.N[C@@H](CO)C(=O)O.N[C@@H](CO)C(=O)O. The van der Waals surface area contributed by atoms with Crippen molar-refractivity contribution in [3.63, 3.8) is 0 Å². The van der Waals surface area contributed by atoms with Gasteiger partial charge in [0, 0.05) is 0 Å². The van der Waals surface area contributed by atoms with Crippen LogP contribution in [0.3, 0.4) is 0 Å². The van der Waals surface area contributed by atoms with Gasteiger partial charge in [0.05, 0.1) is 19.8 Å². The molecule has 11 nitrogen and oxygen atoms in total. The maximum atomic E-state index is 9.65. The highest BCUT2D eigenvalue weighted by Crippen LogP contribution is 1.71. The Bertz CT molecular complexity index is 253.